The summed E-state index contributed by atoms with van der Waals surface area (Å²) in [6, 6.07) is 14.2. The molecule has 0 saturated heterocycles. The standard InChI is InChI=1S/C19H13Cl3N4O4S/c20-12-4-6-13(7-5-12)25-31(29,30)14-8-9-18(19(10-14)26(27)28)24-23-11-15-16(21)2-1-3-17(15)22/h1-11,24-25H. The molecule has 0 unspecified atom stereocenters. The predicted octanol–water partition coefficient (Wildman–Crippen LogP) is 5.80. The second-order valence-corrected chi connectivity index (χ2v) is 8.99. The van der Waals surface area contributed by atoms with E-state index < -0.39 is 20.6 Å². The van der Waals surface area contributed by atoms with Gasteiger partial charge in [-0.3, -0.25) is 20.3 Å². The van der Waals surface area contributed by atoms with Crippen LogP contribution in [0.4, 0.5) is 17.1 Å². The van der Waals surface area contributed by atoms with Crippen molar-refractivity contribution in [1.29, 1.82) is 0 Å². The third-order valence-corrected chi connectivity index (χ3v) is 6.24. The normalized spacial score (nSPS) is 11.5. The number of nitro groups is 1. The molecule has 0 radical (unpaired) electrons. The van der Waals surface area contributed by atoms with Crippen molar-refractivity contribution < 1.29 is 13.3 Å². The van der Waals surface area contributed by atoms with Crippen molar-refractivity contribution in [3.63, 3.8) is 0 Å². The monoisotopic (exact) mass is 498 g/mol. The van der Waals surface area contributed by atoms with Crippen molar-refractivity contribution in [2.75, 3.05) is 10.1 Å². The van der Waals surface area contributed by atoms with Crippen LogP contribution in [0.5, 0.6) is 0 Å². The molecule has 0 amide bonds. The number of sulfonamides is 1. The van der Waals surface area contributed by atoms with Crippen LogP contribution in [-0.2, 0) is 10.0 Å². The third-order valence-electron chi connectivity index (χ3n) is 3.95. The third kappa shape index (κ3) is 5.65. The van der Waals surface area contributed by atoms with Gasteiger partial charge in [0, 0.05) is 22.3 Å². The maximum Gasteiger partial charge on any atom is 0.295 e. The summed E-state index contributed by atoms with van der Waals surface area (Å²) in [5.74, 6) is 0. The zero-order chi connectivity index (χ0) is 22.6. The molecule has 0 saturated carbocycles. The fraction of sp³-hybridized carbons (Fsp3) is 0. The van der Waals surface area contributed by atoms with Gasteiger partial charge < -0.3 is 0 Å². The number of rotatable bonds is 7. The molecule has 0 aromatic heterocycles. The van der Waals surface area contributed by atoms with Gasteiger partial charge in [-0.25, -0.2) is 8.42 Å². The molecule has 0 aliphatic carbocycles. The Hall–Kier alpha value is -2.85. The topological polar surface area (TPSA) is 114 Å². The molecule has 12 heteroatoms. The molecule has 0 atom stereocenters. The van der Waals surface area contributed by atoms with Gasteiger partial charge in [0.1, 0.15) is 5.69 Å². The molecule has 0 heterocycles. The number of nitrogens with one attached hydrogen (secondary N) is 2. The van der Waals surface area contributed by atoms with Gasteiger partial charge in [0.2, 0.25) is 0 Å². The van der Waals surface area contributed by atoms with E-state index in [9.17, 15) is 18.5 Å². The average molecular weight is 500 g/mol. The lowest BCUT2D eigenvalue weighted by Crippen LogP contribution is -2.13. The number of halogens is 3. The van der Waals surface area contributed by atoms with E-state index in [1.807, 2.05) is 0 Å². The Balaban J connectivity index is 1.86. The first kappa shape index (κ1) is 22.8. The van der Waals surface area contributed by atoms with Crippen molar-refractivity contribution in [3.05, 3.63) is 91.4 Å². The summed E-state index contributed by atoms with van der Waals surface area (Å²) in [5.41, 5.74) is 2.69. The van der Waals surface area contributed by atoms with Gasteiger partial charge in [-0.05, 0) is 48.5 Å². The molecule has 2 N–H and O–H groups in total. The van der Waals surface area contributed by atoms with Crippen molar-refractivity contribution in [3.8, 4) is 0 Å². The van der Waals surface area contributed by atoms with E-state index in [0.29, 0.717) is 20.6 Å². The van der Waals surface area contributed by atoms with Crippen molar-refractivity contribution in [2.45, 2.75) is 4.90 Å². The van der Waals surface area contributed by atoms with E-state index in [4.69, 9.17) is 34.8 Å². The highest BCUT2D eigenvalue weighted by Gasteiger charge is 2.21. The SMILES string of the molecule is O=[N+]([O-])c1cc(S(=O)(=O)Nc2ccc(Cl)cc2)ccc1NN=Cc1c(Cl)cccc1Cl. The van der Waals surface area contributed by atoms with Crippen LogP contribution in [0.15, 0.2) is 70.7 Å². The molecule has 3 aromatic carbocycles. The van der Waals surface area contributed by atoms with E-state index in [1.165, 1.54) is 42.6 Å². The van der Waals surface area contributed by atoms with Gasteiger partial charge in [-0.15, -0.1) is 0 Å². The molecule has 0 aliphatic heterocycles. The summed E-state index contributed by atoms with van der Waals surface area (Å²) in [5, 5.41) is 16.5. The van der Waals surface area contributed by atoms with Crippen LogP contribution >= 0.6 is 34.8 Å². The molecule has 8 nitrogen and oxygen atoms in total. The largest absolute Gasteiger partial charge is 0.295 e. The first-order valence-electron chi connectivity index (χ1n) is 8.47. The van der Waals surface area contributed by atoms with Gasteiger partial charge in [0.15, 0.2) is 0 Å². The number of nitro benzene ring substituents is 1. The zero-order valence-corrected chi connectivity index (χ0v) is 18.5. The number of hydrogen-bond acceptors (Lipinski definition) is 6. The molecule has 0 fully saturated rings. The summed E-state index contributed by atoms with van der Waals surface area (Å²) in [4.78, 5) is 10.5. The number of benzene rings is 3. The molecule has 3 aromatic rings. The van der Waals surface area contributed by atoms with Crippen molar-refractivity contribution in [2.24, 2.45) is 5.10 Å². The average Bonchev–Trinajstić information content (AvgIpc) is 2.71. The van der Waals surface area contributed by atoms with Gasteiger partial charge in [-0.1, -0.05) is 40.9 Å². The summed E-state index contributed by atoms with van der Waals surface area (Å²) < 4.78 is 27.5. The number of hydrazone groups is 1. The summed E-state index contributed by atoms with van der Waals surface area (Å²) in [7, 11) is -4.07. The van der Waals surface area contributed by atoms with E-state index in [0.717, 1.165) is 6.07 Å². The molecular weight excluding hydrogens is 487 g/mol. The van der Waals surface area contributed by atoms with E-state index >= 15 is 0 Å². The molecule has 0 aliphatic rings. The van der Waals surface area contributed by atoms with Gasteiger partial charge in [0.25, 0.3) is 15.7 Å². The molecule has 0 bridgehead atoms. The van der Waals surface area contributed by atoms with Crippen LogP contribution in [-0.4, -0.2) is 19.6 Å². The lowest BCUT2D eigenvalue weighted by Gasteiger charge is -2.09. The minimum atomic E-state index is -4.07. The zero-order valence-electron chi connectivity index (χ0n) is 15.4. The van der Waals surface area contributed by atoms with E-state index in [-0.39, 0.29) is 16.3 Å². The minimum Gasteiger partial charge on any atom is -0.280 e. The van der Waals surface area contributed by atoms with Gasteiger partial charge in [0.05, 0.1) is 26.1 Å². The highest BCUT2D eigenvalue weighted by atomic mass is 35.5. The van der Waals surface area contributed by atoms with Gasteiger partial charge in [-0.2, -0.15) is 5.10 Å². The maximum atomic E-state index is 12.6. The van der Waals surface area contributed by atoms with Crippen LogP contribution in [0.25, 0.3) is 0 Å². The second-order valence-electron chi connectivity index (χ2n) is 6.05. The van der Waals surface area contributed by atoms with Crippen LogP contribution in [0.1, 0.15) is 5.56 Å². The summed E-state index contributed by atoms with van der Waals surface area (Å²) in [6.07, 6.45) is 1.31. The van der Waals surface area contributed by atoms with E-state index in [2.05, 4.69) is 15.2 Å². The highest BCUT2D eigenvalue weighted by Crippen LogP contribution is 2.29. The second kappa shape index (κ2) is 9.52. The Kier molecular flexibility index (Phi) is 7.01. The molecular formula is C19H13Cl3N4O4S. The number of hydrogen-bond donors (Lipinski definition) is 2. The smallest absolute Gasteiger partial charge is 0.280 e. The Morgan fingerprint density at radius 1 is 0.968 bits per heavy atom. The Labute approximate surface area is 192 Å². The van der Waals surface area contributed by atoms with Crippen LogP contribution in [0.3, 0.4) is 0 Å². The Morgan fingerprint density at radius 3 is 2.23 bits per heavy atom. The van der Waals surface area contributed by atoms with Crippen molar-refractivity contribution >= 4 is 68.1 Å². The number of anilines is 2. The lowest BCUT2D eigenvalue weighted by atomic mass is 10.2. The van der Waals surface area contributed by atoms with Crippen molar-refractivity contribution in [1.82, 2.24) is 0 Å². The summed E-state index contributed by atoms with van der Waals surface area (Å²) in [6.45, 7) is 0. The first-order chi connectivity index (χ1) is 14.7. The lowest BCUT2D eigenvalue weighted by molar-refractivity contribution is -0.384. The number of nitrogens with zero attached hydrogens (tertiary/aromatic N) is 2. The predicted molar refractivity (Wildman–Crippen MR) is 123 cm³/mol. The fourth-order valence-corrected chi connectivity index (χ4v) is 4.16. The molecule has 160 valence electrons. The molecule has 31 heavy (non-hydrogen) atoms. The Morgan fingerprint density at radius 2 is 1.61 bits per heavy atom. The van der Waals surface area contributed by atoms with E-state index in [1.54, 1.807) is 18.2 Å². The van der Waals surface area contributed by atoms with Gasteiger partial charge >= 0.3 is 0 Å². The maximum absolute atomic E-state index is 12.6. The Bertz CT molecular complexity index is 1250. The van der Waals surface area contributed by atoms with Crippen LogP contribution in [0, 0.1) is 10.1 Å². The van der Waals surface area contributed by atoms with Crippen LogP contribution < -0.4 is 10.1 Å². The van der Waals surface area contributed by atoms with Crippen LogP contribution in [0.2, 0.25) is 15.1 Å². The summed E-state index contributed by atoms with van der Waals surface area (Å²) >= 11 is 17.9. The first-order valence-corrected chi connectivity index (χ1v) is 11.1. The minimum absolute atomic E-state index is 0.0186. The quantitative estimate of drug-likeness (QED) is 0.242. The molecule has 3 rings (SSSR count). The highest BCUT2D eigenvalue weighted by molar-refractivity contribution is 7.92. The molecule has 0 spiro atoms. The fourth-order valence-electron chi connectivity index (χ4n) is 2.46.